The highest BCUT2D eigenvalue weighted by Crippen LogP contribution is 2.21. The van der Waals surface area contributed by atoms with Gasteiger partial charge in [0.15, 0.2) is 0 Å². The lowest BCUT2D eigenvalue weighted by Gasteiger charge is -2.28. The molecular weight excluding hydrogens is 314 g/mol. The number of rotatable bonds is 6. The maximum atomic E-state index is 12.6. The van der Waals surface area contributed by atoms with Crippen LogP contribution in [0, 0.1) is 11.3 Å². The third kappa shape index (κ3) is 4.51. The van der Waals surface area contributed by atoms with Gasteiger partial charge in [0.2, 0.25) is 0 Å². The topological polar surface area (TPSA) is 65.4 Å². The number of urea groups is 1. The lowest BCUT2D eigenvalue weighted by atomic mass is 10.1. The van der Waals surface area contributed by atoms with Gasteiger partial charge in [0.05, 0.1) is 24.8 Å². The van der Waals surface area contributed by atoms with Gasteiger partial charge < -0.3 is 15.0 Å². The van der Waals surface area contributed by atoms with Gasteiger partial charge in [0.1, 0.15) is 5.75 Å². The molecule has 0 radical (unpaired) electrons. The molecule has 0 saturated carbocycles. The Bertz CT molecular complexity index is 750. The van der Waals surface area contributed by atoms with Gasteiger partial charge in [-0.3, -0.25) is 0 Å². The SMILES string of the molecule is CCN(C(=O)NCc1ccccc1OC)[C@H](C)c1ccc(C#N)cc1. The molecular formula is C20H23N3O2. The molecule has 5 nitrogen and oxygen atoms in total. The summed E-state index contributed by atoms with van der Waals surface area (Å²) in [4.78, 5) is 14.4. The molecule has 0 unspecified atom stereocenters. The molecule has 5 heteroatoms. The van der Waals surface area contributed by atoms with Gasteiger partial charge in [-0.1, -0.05) is 30.3 Å². The molecule has 1 atom stereocenters. The van der Waals surface area contributed by atoms with E-state index in [1.165, 1.54) is 0 Å². The monoisotopic (exact) mass is 337 g/mol. The minimum atomic E-state index is -0.134. The first-order valence-corrected chi connectivity index (χ1v) is 8.27. The molecule has 0 heterocycles. The Morgan fingerprint density at radius 3 is 2.52 bits per heavy atom. The summed E-state index contributed by atoms with van der Waals surface area (Å²) in [7, 11) is 1.62. The van der Waals surface area contributed by atoms with Gasteiger partial charge >= 0.3 is 6.03 Å². The zero-order chi connectivity index (χ0) is 18.2. The van der Waals surface area contributed by atoms with E-state index in [9.17, 15) is 4.79 Å². The van der Waals surface area contributed by atoms with Crippen molar-refractivity contribution < 1.29 is 9.53 Å². The number of nitriles is 1. The number of ether oxygens (including phenoxy) is 1. The number of methoxy groups -OCH3 is 1. The molecule has 2 rings (SSSR count). The van der Waals surface area contributed by atoms with Crippen LogP contribution >= 0.6 is 0 Å². The second-order valence-electron chi connectivity index (χ2n) is 5.67. The van der Waals surface area contributed by atoms with E-state index < -0.39 is 0 Å². The summed E-state index contributed by atoms with van der Waals surface area (Å²) < 4.78 is 5.31. The van der Waals surface area contributed by atoms with E-state index in [1.54, 1.807) is 24.1 Å². The fourth-order valence-corrected chi connectivity index (χ4v) is 2.73. The fourth-order valence-electron chi connectivity index (χ4n) is 2.73. The summed E-state index contributed by atoms with van der Waals surface area (Å²) in [5.74, 6) is 0.756. The van der Waals surface area contributed by atoms with Crippen LogP contribution < -0.4 is 10.1 Å². The second-order valence-corrected chi connectivity index (χ2v) is 5.67. The van der Waals surface area contributed by atoms with Crippen LogP contribution in [0.3, 0.4) is 0 Å². The Labute approximate surface area is 148 Å². The van der Waals surface area contributed by atoms with Gasteiger partial charge in [-0.05, 0) is 37.6 Å². The smallest absolute Gasteiger partial charge is 0.318 e. The zero-order valence-electron chi connectivity index (χ0n) is 14.8. The summed E-state index contributed by atoms with van der Waals surface area (Å²) in [6.07, 6.45) is 0. The Hall–Kier alpha value is -3.00. The van der Waals surface area contributed by atoms with E-state index in [2.05, 4.69) is 11.4 Å². The first-order valence-electron chi connectivity index (χ1n) is 8.27. The Balaban J connectivity index is 2.05. The van der Waals surface area contributed by atoms with Crippen molar-refractivity contribution in [2.24, 2.45) is 0 Å². The minimum absolute atomic E-state index is 0.0876. The first kappa shape index (κ1) is 18.3. The second kappa shape index (κ2) is 8.74. The van der Waals surface area contributed by atoms with Crippen molar-refractivity contribution in [3.8, 4) is 11.8 Å². The molecule has 0 aliphatic carbocycles. The first-order chi connectivity index (χ1) is 12.1. The number of carbonyl (C=O) groups is 1. The van der Waals surface area contributed by atoms with Gasteiger partial charge in [-0.25, -0.2) is 4.79 Å². The largest absolute Gasteiger partial charge is 0.496 e. The third-order valence-electron chi connectivity index (χ3n) is 4.21. The van der Waals surface area contributed by atoms with Crippen LogP contribution in [0.1, 0.15) is 36.6 Å². The number of amides is 2. The van der Waals surface area contributed by atoms with Crippen LogP contribution in [0.25, 0.3) is 0 Å². The van der Waals surface area contributed by atoms with Crippen LogP contribution in [0.4, 0.5) is 4.79 Å². The van der Waals surface area contributed by atoms with Crippen molar-refractivity contribution in [1.82, 2.24) is 10.2 Å². The van der Waals surface area contributed by atoms with Crippen molar-refractivity contribution in [3.05, 3.63) is 65.2 Å². The average Bonchev–Trinajstić information content (AvgIpc) is 2.67. The quantitative estimate of drug-likeness (QED) is 0.870. The van der Waals surface area contributed by atoms with Crippen LogP contribution in [0.5, 0.6) is 5.75 Å². The molecule has 0 aromatic heterocycles. The number of hydrogen-bond acceptors (Lipinski definition) is 3. The maximum Gasteiger partial charge on any atom is 0.318 e. The Morgan fingerprint density at radius 2 is 1.92 bits per heavy atom. The fraction of sp³-hybridized carbons (Fsp3) is 0.300. The van der Waals surface area contributed by atoms with Gasteiger partial charge in [-0.2, -0.15) is 5.26 Å². The summed E-state index contributed by atoms with van der Waals surface area (Å²) in [6.45, 7) is 4.91. The summed E-state index contributed by atoms with van der Waals surface area (Å²) >= 11 is 0. The van der Waals surface area contributed by atoms with Gasteiger partial charge in [0.25, 0.3) is 0 Å². The Kier molecular flexibility index (Phi) is 6.41. The predicted octanol–water partition coefficient (Wildman–Crippen LogP) is 3.86. The Morgan fingerprint density at radius 1 is 1.24 bits per heavy atom. The molecule has 0 spiro atoms. The van der Waals surface area contributed by atoms with E-state index in [4.69, 9.17) is 10.00 Å². The molecule has 2 aromatic rings. The highest BCUT2D eigenvalue weighted by Gasteiger charge is 2.20. The predicted molar refractivity (Wildman–Crippen MR) is 97.2 cm³/mol. The highest BCUT2D eigenvalue weighted by molar-refractivity contribution is 5.74. The number of carbonyl (C=O) groups excluding carboxylic acids is 1. The van der Waals surface area contributed by atoms with Crippen molar-refractivity contribution in [2.75, 3.05) is 13.7 Å². The molecule has 0 aliphatic rings. The van der Waals surface area contributed by atoms with Crippen molar-refractivity contribution in [1.29, 1.82) is 5.26 Å². The van der Waals surface area contributed by atoms with E-state index >= 15 is 0 Å². The third-order valence-corrected chi connectivity index (χ3v) is 4.21. The van der Waals surface area contributed by atoms with E-state index in [0.29, 0.717) is 18.7 Å². The number of hydrogen-bond donors (Lipinski definition) is 1. The van der Waals surface area contributed by atoms with Crippen LogP contribution in [-0.2, 0) is 6.54 Å². The molecule has 1 N–H and O–H groups in total. The molecule has 0 saturated heterocycles. The lowest BCUT2D eigenvalue weighted by molar-refractivity contribution is 0.182. The summed E-state index contributed by atoms with van der Waals surface area (Å²) in [6, 6.07) is 16.8. The number of nitrogens with zero attached hydrogens (tertiary/aromatic N) is 2. The molecule has 2 amide bonds. The lowest BCUT2D eigenvalue weighted by Crippen LogP contribution is -2.41. The molecule has 0 aliphatic heterocycles. The van der Waals surface area contributed by atoms with Crippen molar-refractivity contribution in [3.63, 3.8) is 0 Å². The van der Waals surface area contributed by atoms with Crippen LogP contribution in [0.15, 0.2) is 48.5 Å². The van der Waals surface area contributed by atoms with E-state index in [-0.39, 0.29) is 12.1 Å². The van der Waals surface area contributed by atoms with Crippen molar-refractivity contribution in [2.45, 2.75) is 26.4 Å². The molecule has 0 bridgehead atoms. The minimum Gasteiger partial charge on any atom is -0.496 e. The molecule has 2 aromatic carbocycles. The zero-order valence-corrected chi connectivity index (χ0v) is 14.8. The highest BCUT2D eigenvalue weighted by atomic mass is 16.5. The average molecular weight is 337 g/mol. The molecule has 130 valence electrons. The van der Waals surface area contributed by atoms with Crippen LogP contribution in [0.2, 0.25) is 0 Å². The normalized spacial score (nSPS) is 11.3. The van der Waals surface area contributed by atoms with Crippen molar-refractivity contribution >= 4 is 6.03 Å². The number of nitrogens with one attached hydrogen (secondary N) is 1. The van der Waals surface area contributed by atoms with Gasteiger partial charge in [-0.15, -0.1) is 0 Å². The van der Waals surface area contributed by atoms with Gasteiger partial charge in [0, 0.05) is 18.7 Å². The van der Waals surface area contributed by atoms with Crippen LogP contribution in [-0.4, -0.2) is 24.6 Å². The molecule has 25 heavy (non-hydrogen) atoms. The standard InChI is InChI=1S/C20H23N3O2/c1-4-23(15(2)17-11-9-16(13-21)10-12-17)20(24)22-14-18-7-5-6-8-19(18)25-3/h5-12,15H,4,14H2,1-3H3,(H,22,24)/t15-/m1/s1. The van der Waals surface area contributed by atoms with E-state index in [1.807, 2.05) is 50.2 Å². The maximum absolute atomic E-state index is 12.6. The summed E-state index contributed by atoms with van der Waals surface area (Å²) in [5, 5.41) is 11.8. The molecule has 0 fully saturated rings. The van der Waals surface area contributed by atoms with E-state index in [0.717, 1.165) is 16.9 Å². The number of benzene rings is 2. The summed E-state index contributed by atoms with van der Waals surface area (Å²) in [5.41, 5.74) is 2.54. The number of para-hydroxylation sites is 1.